The van der Waals surface area contributed by atoms with E-state index in [0.29, 0.717) is 17.8 Å². The lowest BCUT2D eigenvalue weighted by Crippen LogP contribution is -2.47. The predicted molar refractivity (Wildman–Crippen MR) is 107 cm³/mol. The monoisotopic (exact) mass is 390 g/mol. The largest absolute Gasteiger partial charge is 0.352 e. The zero-order valence-electron chi connectivity index (χ0n) is 15.7. The van der Waals surface area contributed by atoms with E-state index in [4.69, 9.17) is 0 Å². The Morgan fingerprint density at radius 1 is 0.862 bits per heavy atom. The van der Waals surface area contributed by atoms with E-state index in [-0.39, 0.29) is 5.82 Å². The second kappa shape index (κ2) is 7.42. The predicted octanol–water partition coefficient (Wildman–Crippen LogP) is 2.13. The van der Waals surface area contributed by atoms with E-state index >= 15 is 0 Å². The molecule has 9 heteroatoms. The Bertz CT molecular complexity index is 1120. The highest BCUT2D eigenvalue weighted by Crippen LogP contribution is 2.25. The number of nitrogens with zero attached hydrogens (tertiary/aromatic N) is 8. The normalized spacial score (nSPS) is 14.5. The van der Waals surface area contributed by atoms with E-state index in [9.17, 15) is 4.39 Å². The smallest absolute Gasteiger partial charge is 0.225 e. The van der Waals surface area contributed by atoms with Crippen LogP contribution in [0.15, 0.2) is 55.2 Å². The van der Waals surface area contributed by atoms with Crippen LogP contribution in [0.1, 0.15) is 5.56 Å². The van der Waals surface area contributed by atoms with Gasteiger partial charge in [-0.05, 0) is 12.1 Å². The van der Waals surface area contributed by atoms with Gasteiger partial charge < -0.3 is 9.80 Å². The molecular weight excluding hydrogens is 371 g/mol. The second-order valence-corrected chi connectivity index (χ2v) is 6.85. The summed E-state index contributed by atoms with van der Waals surface area (Å²) in [6.07, 6.45) is 6.82. The zero-order chi connectivity index (χ0) is 19.6. The number of hydrogen-bond donors (Lipinski definition) is 0. The number of rotatable bonds is 4. The lowest BCUT2D eigenvalue weighted by Gasteiger charge is -2.35. The molecule has 0 radical (unpaired) electrons. The molecule has 0 saturated carbocycles. The number of piperazine rings is 1. The van der Waals surface area contributed by atoms with Crippen LogP contribution in [0, 0.1) is 5.82 Å². The topological polar surface area (TPSA) is 75.9 Å². The molecule has 0 amide bonds. The van der Waals surface area contributed by atoms with Gasteiger partial charge in [0.2, 0.25) is 5.95 Å². The van der Waals surface area contributed by atoms with E-state index in [0.717, 1.165) is 43.3 Å². The first-order valence-corrected chi connectivity index (χ1v) is 9.46. The summed E-state index contributed by atoms with van der Waals surface area (Å²) in [6.45, 7) is 3.52. The van der Waals surface area contributed by atoms with Crippen LogP contribution >= 0.6 is 0 Å². The van der Waals surface area contributed by atoms with E-state index in [1.165, 1.54) is 6.07 Å². The van der Waals surface area contributed by atoms with E-state index < -0.39 is 0 Å². The Labute approximate surface area is 166 Å². The fourth-order valence-corrected chi connectivity index (χ4v) is 3.61. The van der Waals surface area contributed by atoms with Gasteiger partial charge in [-0.3, -0.25) is 0 Å². The van der Waals surface area contributed by atoms with Crippen LogP contribution in [-0.4, -0.2) is 55.9 Å². The van der Waals surface area contributed by atoms with E-state index in [1.54, 1.807) is 41.7 Å². The lowest BCUT2D eigenvalue weighted by molar-refractivity contribution is 0.589. The van der Waals surface area contributed by atoms with Gasteiger partial charge in [-0.2, -0.15) is 5.10 Å². The fourth-order valence-electron chi connectivity index (χ4n) is 3.61. The molecule has 0 atom stereocenters. The molecule has 0 aliphatic carbocycles. The maximum Gasteiger partial charge on any atom is 0.225 e. The third kappa shape index (κ3) is 3.35. The van der Waals surface area contributed by atoms with Crippen molar-refractivity contribution in [3.05, 3.63) is 66.6 Å². The Morgan fingerprint density at radius 2 is 1.62 bits per heavy atom. The van der Waals surface area contributed by atoms with Crippen molar-refractivity contribution in [3.8, 4) is 0 Å². The molecule has 0 bridgehead atoms. The van der Waals surface area contributed by atoms with Gasteiger partial charge in [0.15, 0.2) is 5.65 Å². The maximum absolute atomic E-state index is 14.0. The highest BCUT2D eigenvalue weighted by Gasteiger charge is 2.22. The van der Waals surface area contributed by atoms with Gasteiger partial charge in [0, 0.05) is 44.1 Å². The summed E-state index contributed by atoms with van der Waals surface area (Å²) in [4.78, 5) is 21.9. The Balaban J connectivity index is 1.38. The molecule has 1 aliphatic rings. The van der Waals surface area contributed by atoms with Gasteiger partial charge in [-0.15, -0.1) is 0 Å². The van der Waals surface area contributed by atoms with Crippen molar-refractivity contribution in [1.29, 1.82) is 0 Å². The van der Waals surface area contributed by atoms with E-state index in [1.807, 2.05) is 12.1 Å². The average molecular weight is 390 g/mol. The third-order valence-corrected chi connectivity index (χ3v) is 5.10. The fraction of sp³-hybridized carbons (Fsp3) is 0.250. The summed E-state index contributed by atoms with van der Waals surface area (Å²) in [7, 11) is 0. The third-order valence-electron chi connectivity index (χ3n) is 5.10. The average Bonchev–Trinajstić information content (AvgIpc) is 3.19. The first-order valence-electron chi connectivity index (χ1n) is 9.46. The first-order chi connectivity index (χ1) is 14.3. The Hall–Kier alpha value is -3.62. The van der Waals surface area contributed by atoms with Crippen molar-refractivity contribution >= 4 is 22.8 Å². The molecule has 0 unspecified atom stereocenters. The summed E-state index contributed by atoms with van der Waals surface area (Å²) < 4.78 is 15.7. The summed E-state index contributed by atoms with van der Waals surface area (Å²) in [5, 5.41) is 5.31. The summed E-state index contributed by atoms with van der Waals surface area (Å²) in [5.41, 5.74) is 1.28. The Kier molecular flexibility index (Phi) is 4.47. The van der Waals surface area contributed by atoms with Crippen molar-refractivity contribution in [2.75, 3.05) is 36.0 Å². The van der Waals surface area contributed by atoms with Crippen molar-refractivity contribution in [2.45, 2.75) is 6.54 Å². The molecule has 1 saturated heterocycles. The minimum absolute atomic E-state index is 0.246. The molecule has 0 N–H and O–H groups in total. The number of benzene rings is 1. The maximum atomic E-state index is 14.0. The van der Waals surface area contributed by atoms with Gasteiger partial charge in [0.05, 0.1) is 18.1 Å². The van der Waals surface area contributed by atoms with Gasteiger partial charge in [0.1, 0.15) is 18.0 Å². The SMILES string of the molecule is Fc1ccccc1Cn1ncc2c(N3CCN(c4ncccn4)CC3)ncnc21. The molecule has 4 aromatic rings. The molecule has 5 rings (SSSR count). The second-order valence-electron chi connectivity index (χ2n) is 6.85. The van der Waals surface area contributed by atoms with Gasteiger partial charge in [0.25, 0.3) is 0 Å². The molecule has 146 valence electrons. The van der Waals surface area contributed by atoms with Crippen molar-refractivity contribution in [3.63, 3.8) is 0 Å². The highest BCUT2D eigenvalue weighted by molar-refractivity contribution is 5.86. The van der Waals surface area contributed by atoms with Crippen LogP contribution in [0.4, 0.5) is 16.2 Å². The van der Waals surface area contributed by atoms with Crippen LogP contribution in [0.3, 0.4) is 0 Å². The molecule has 1 fully saturated rings. The molecule has 8 nitrogen and oxygen atoms in total. The van der Waals surface area contributed by atoms with E-state index in [2.05, 4.69) is 34.8 Å². The van der Waals surface area contributed by atoms with Crippen molar-refractivity contribution < 1.29 is 4.39 Å². The number of hydrogen-bond acceptors (Lipinski definition) is 7. The number of aromatic nitrogens is 6. The number of fused-ring (bicyclic) bond motifs is 1. The summed E-state index contributed by atoms with van der Waals surface area (Å²) in [6, 6.07) is 8.53. The molecule has 1 aromatic carbocycles. The highest BCUT2D eigenvalue weighted by atomic mass is 19.1. The quantitative estimate of drug-likeness (QED) is 0.528. The zero-order valence-corrected chi connectivity index (χ0v) is 15.7. The van der Waals surface area contributed by atoms with Crippen molar-refractivity contribution in [1.82, 2.24) is 29.7 Å². The molecule has 0 spiro atoms. The lowest BCUT2D eigenvalue weighted by atomic mass is 10.2. The van der Waals surface area contributed by atoms with Crippen LogP contribution in [0.5, 0.6) is 0 Å². The standard InChI is InChI=1S/C20H19FN8/c21-17-5-2-1-4-15(17)13-29-19-16(12-26-29)18(24-14-25-19)27-8-10-28(11-9-27)20-22-6-3-7-23-20/h1-7,12,14H,8-11,13H2. The molecule has 29 heavy (non-hydrogen) atoms. The van der Waals surface area contributed by atoms with Crippen LogP contribution in [0.2, 0.25) is 0 Å². The van der Waals surface area contributed by atoms with Crippen LogP contribution in [0.25, 0.3) is 11.0 Å². The van der Waals surface area contributed by atoms with Crippen LogP contribution < -0.4 is 9.80 Å². The minimum Gasteiger partial charge on any atom is -0.352 e. The summed E-state index contributed by atoms with van der Waals surface area (Å²) >= 11 is 0. The van der Waals surface area contributed by atoms with Gasteiger partial charge in [-0.1, -0.05) is 18.2 Å². The van der Waals surface area contributed by atoms with Crippen LogP contribution in [-0.2, 0) is 6.54 Å². The first kappa shape index (κ1) is 17.5. The molecule has 1 aliphatic heterocycles. The number of halogens is 1. The molecule has 4 heterocycles. The van der Waals surface area contributed by atoms with Crippen molar-refractivity contribution in [2.24, 2.45) is 0 Å². The van der Waals surface area contributed by atoms with Gasteiger partial charge in [-0.25, -0.2) is 29.0 Å². The molecule has 3 aromatic heterocycles. The van der Waals surface area contributed by atoms with Gasteiger partial charge >= 0.3 is 0 Å². The summed E-state index contributed by atoms with van der Waals surface area (Å²) in [5.74, 6) is 1.35. The minimum atomic E-state index is -0.246. The molecular formula is C20H19FN8. The number of anilines is 2. The Morgan fingerprint density at radius 3 is 2.41 bits per heavy atom.